The predicted molar refractivity (Wildman–Crippen MR) is 74.9 cm³/mol. The highest BCUT2D eigenvalue weighted by molar-refractivity contribution is 5.51. The number of rotatable bonds is 3. The van der Waals surface area contributed by atoms with Crippen LogP contribution in [0.3, 0.4) is 0 Å². The Bertz CT molecular complexity index is 427. The van der Waals surface area contributed by atoms with Crippen LogP contribution in [0, 0.1) is 6.92 Å². The van der Waals surface area contributed by atoms with Gasteiger partial charge in [-0.1, -0.05) is 0 Å². The Balaban J connectivity index is 1.74. The molecule has 104 valence electrons. The van der Waals surface area contributed by atoms with Gasteiger partial charge in [0.05, 0.1) is 25.9 Å². The van der Waals surface area contributed by atoms with Crippen LogP contribution in [0.4, 0.5) is 11.6 Å². The van der Waals surface area contributed by atoms with Crippen molar-refractivity contribution in [1.29, 1.82) is 0 Å². The van der Waals surface area contributed by atoms with Gasteiger partial charge in [-0.25, -0.2) is 4.98 Å². The Morgan fingerprint density at radius 3 is 2.79 bits per heavy atom. The third-order valence-electron chi connectivity index (χ3n) is 3.57. The summed E-state index contributed by atoms with van der Waals surface area (Å²) in [6.45, 7) is 7.15. The first-order chi connectivity index (χ1) is 9.31. The minimum atomic E-state index is 0.395. The molecule has 0 aromatic carbocycles. The van der Waals surface area contributed by atoms with E-state index in [-0.39, 0.29) is 0 Å². The zero-order chi connectivity index (χ0) is 13.1. The van der Waals surface area contributed by atoms with E-state index in [2.05, 4.69) is 29.3 Å². The quantitative estimate of drug-likeness (QED) is 0.894. The third kappa shape index (κ3) is 3.16. The van der Waals surface area contributed by atoms with Crippen molar-refractivity contribution in [3.8, 4) is 0 Å². The van der Waals surface area contributed by atoms with E-state index in [1.165, 1.54) is 5.56 Å². The molecule has 2 saturated heterocycles. The first kappa shape index (κ1) is 12.7. The minimum absolute atomic E-state index is 0.395. The Kier molecular flexibility index (Phi) is 3.84. The highest BCUT2D eigenvalue weighted by atomic mass is 16.5. The summed E-state index contributed by atoms with van der Waals surface area (Å²) in [4.78, 5) is 7.01. The molecule has 1 aromatic rings. The lowest BCUT2D eigenvalue weighted by molar-refractivity contribution is 0.122. The molecule has 1 unspecified atom stereocenters. The van der Waals surface area contributed by atoms with E-state index in [0.717, 1.165) is 57.6 Å². The van der Waals surface area contributed by atoms with Gasteiger partial charge in [-0.2, -0.15) is 0 Å². The van der Waals surface area contributed by atoms with E-state index in [0.29, 0.717) is 6.04 Å². The Hall–Kier alpha value is -1.33. The lowest BCUT2D eigenvalue weighted by atomic mass is 10.2. The van der Waals surface area contributed by atoms with Gasteiger partial charge in [-0.05, 0) is 31.0 Å². The molecule has 0 aliphatic carbocycles. The van der Waals surface area contributed by atoms with Crippen LogP contribution < -0.4 is 10.2 Å². The monoisotopic (exact) mass is 263 g/mol. The summed E-state index contributed by atoms with van der Waals surface area (Å²) >= 11 is 0. The topological polar surface area (TPSA) is 46.6 Å². The Morgan fingerprint density at radius 2 is 2.05 bits per heavy atom. The first-order valence-electron chi connectivity index (χ1n) is 6.97. The number of anilines is 2. The zero-order valence-corrected chi connectivity index (χ0v) is 11.4. The molecule has 2 aliphatic heterocycles. The van der Waals surface area contributed by atoms with Crippen LogP contribution in [0.2, 0.25) is 0 Å². The molecule has 19 heavy (non-hydrogen) atoms. The number of hydrogen-bond donors (Lipinski definition) is 1. The predicted octanol–water partition coefficient (Wildman–Crippen LogP) is 1.43. The summed E-state index contributed by atoms with van der Waals surface area (Å²) < 4.78 is 10.8. The van der Waals surface area contributed by atoms with Crippen LogP contribution in [0.25, 0.3) is 0 Å². The van der Waals surface area contributed by atoms with Gasteiger partial charge in [0.25, 0.3) is 0 Å². The van der Waals surface area contributed by atoms with Gasteiger partial charge in [-0.3, -0.25) is 0 Å². The second kappa shape index (κ2) is 5.75. The van der Waals surface area contributed by atoms with Crippen LogP contribution in [0.5, 0.6) is 0 Å². The molecule has 5 nitrogen and oxygen atoms in total. The molecule has 2 aliphatic rings. The number of ether oxygens (including phenoxy) is 2. The van der Waals surface area contributed by atoms with Crippen LogP contribution >= 0.6 is 0 Å². The van der Waals surface area contributed by atoms with Crippen molar-refractivity contribution in [1.82, 2.24) is 4.98 Å². The summed E-state index contributed by atoms with van der Waals surface area (Å²) in [5, 5.41) is 3.47. The molecule has 0 saturated carbocycles. The van der Waals surface area contributed by atoms with Gasteiger partial charge in [0.1, 0.15) is 11.6 Å². The zero-order valence-electron chi connectivity index (χ0n) is 11.4. The first-order valence-corrected chi connectivity index (χ1v) is 6.97. The standard InChI is InChI=1S/C14H21N3O2/c1-11-8-13(15-12-2-5-19-10-12)16-14(9-11)17-3-6-18-7-4-17/h8-9,12H,2-7,10H2,1H3,(H,15,16). The average Bonchev–Trinajstić information content (AvgIpc) is 2.92. The molecule has 2 fully saturated rings. The normalized spacial score (nSPS) is 23.6. The smallest absolute Gasteiger partial charge is 0.131 e. The highest BCUT2D eigenvalue weighted by Gasteiger charge is 2.17. The fourth-order valence-electron chi connectivity index (χ4n) is 2.53. The van der Waals surface area contributed by atoms with Crippen molar-refractivity contribution in [3.63, 3.8) is 0 Å². The number of nitrogens with zero attached hydrogens (tertiary/aromatic N) is 2. The molecule has 1 aromatic heterocycles. The second-order valence-electron chi connectivity index (χ2n) is 5.19. The summed E-state index contributed by atoms with van der Waals surface area (Å²) in [6, 6.07) is 4.64. The van der Waals surface area contributed by atoms with Crippen LogP contribution in [-0.4, -0.2) is 50.5 Å². The maximum absolute atomic E-state index is 5.39. The van der Waals surface area contributed by atoms with Gasteiger partial charge < -0.3 is 19.7 Å². The molecule has 0 amide bonds. The van der Waals surface area contributed by atoms with Crippen molar-refractivity contribution in [2.45, 2.75) is 19.4 Å². The molecular weight excluding hydrogens is 242 g/mol. The molecule has 1 atom stereocenters. The minimum Gasteiger partial charge on any atom is -0.379 e. The molecule has 0 radical (unpaired) electrons. The van der Waals surface area contributed by atoms with E-state index < -0.39 is 0 Å². The van der Waals surface area contributed by atoms with Crippen molar-refractivity contribution in [2.75, 3.05) is 49.7 Å². The van der Waals surface area contributed by atoms with Crippen LogP contribution in [-0.2, 0) is 9.47 Å². The molecule has 5 heteroatoms. The molecule has 3 heterocycles. The van der Waals surface area contributed by atoms with E-state index in [4.69, 9.17) is 14.5 Å². The average molecular weight is 263 g/mol. The van der Waals surface area contributed by atoms with Gasteiger partial charge >= 0.3 is 0 Å². The summed E-state index contributed by atoms with van der Waals surface area (Å²) in [7, 11) is 0. The molecule has 0 spiro atoms. The van der Waals surface area contributed by atoms with Gasteiger partial charge in [-0.15, -0.1) is 0 Å². The molecule has 1 N–H and O–H groups in total. The molecular formula is C14H21N3O2. The van der Waals surface area contributed by atoms with Gasteiger partial charge in [0, 0.05) is 19.7 Å². The van der Waals surface area contributed by atoms with Gasteiger partial charge in [0.15, 0.2) is 0 Å². The van der Waals surface area contributed by atoms with E-state index in [1.54, 1.807) is 0 Å². The van der Waals surface area contributed by atoms with E-state index in [1.807, 2.05) is 0 Å². The second-order valence-corrected chi connectivity index (χ2v) is 5.19. The fourth-order valence-corrected chi connectivity index (χ4v) is 2.53. The van der Waals surface area contributed by atoms with E-state index >= 15 is 0 Å². The van der Waals surface area contributed by atoms with Crippen molar-refractivity contribution >= 4 is 11.6 Å². The number of morpholine rings is 1. The van der Waals surface area contributed by atoms with Crippen molar-refractivity contribution in [3.05, 3.63) is 17.7 Å². The number of aryl methyl sites for hydroxylation is 1. The van der Waals surface area contributed by atoms with Crippen molar-refractivity contribution < 1.29 is 9.47 Å². The summed E-state index contributed by atoms with van der Waals surface area (Å²) in [5.74, 6) is 2.00. The fraction of sp³-hybridized carbons (Fsp3) is 0.643. The molecule has 3 rings (SSSR count). The maximum atomic E-state index is 5.39. The van der Waals surface area contributed by atoms with Gasteiger partial charge in [0.2, 0.25) is 0 Å². The summed E-state index contributed by atoms with van der Waals surface area (Å²) in [5.41, 5.74) is 1.23. The number of aromatic nitrogens is 1. The van der Waals surface area contributed by atoms with Crippen molar-refractivity contribution in [2.24, 2.45) is 0 Å². The summed E-state index contributed by atoms with van der Waals surface area (Å²) in [6.07, 6.45) is 1.06. The molecule has 0 bridgehead atoms. The van der Waals surface area contributed by atoms with Crippen LogP contribution in [0.1, 0.15) is 12.0 Å². The Labute approximate surface area is 113 Å². The number of nitrogens with one attached hydrogen (secondary N) is 1. The number of hydrogen-bond acceptors (Lipinski definition) is 5. The largest absolute Gasteiger partial charge is 0.379 e. The lowest BCUT2D eigenvalue weighted by Crippen LogP contribution is -2.37. The third-order valence-corrected chi connectivity index (χ3v) is 3.57. The maximum Gasteiger partial charge on any atom is 0.131 e. The lowest BCUT2D eigenvalue weighted by Gasteiger charge is -2.28. The SMILES string of the molecule is Cc1cc(NC2CCOC2)nc(N2CCOCC2)c1. The highest BCUT2D eigenvalue weighted by Crippen LogP contribution is 2.20. The number of pyridine rings is 1. The van der Waals surface area contributed by atoms with E-state index in [9.17, 15) is 0 Å². The van der Waals surface area contributed by atoms with Crippen LogP contribution in [0.15, 0.2) is 12.1 Å². The Morgan fingerprint density at radius 1 is 1.21 bits per heavy atom.